The second kappa shape index (κ2) is 11.6. The summed E-state index contributed by atoms with van der Waals surface area (Å²) in [6, 6.07) is 19.3. The second-order valence-electron chi connectivity index (χ2n) is 7.91. The van der Waals surface area contributed by atoms with Crippen molar-refractivity contribution in [1.29, 1.82) is 0 Å². The Morgan fingerprint density at radius 2 is 1.65 bits per heavy atom. The highest BCUT2D eigenvalue weighted by molar-refractivity contribution is 7.80. The Bertz CT molecular complexity index is 1360. The van der Waals surface area contributed by atoms with Gasteiger partial charge in [-0.1, -0.05) is 41.4 Å². The first kappa shape index (κ1) is 26.5. The third kappa shape index (κ3) is 6.05. The first-order valence-corrected chi connectivity index (χ1v) is 12.2. The maximum Gasteiger partial charge on any atom is 0.325 e. The molecule has 3 aromatic carbocycles. The fourth-order valence-corrected chi connectivity index (χ4v) is 4.42. The standard InChI is InChI=1S/C27H22Cl2N2O5S/c1-34-21-11-7-20(8-12-21)31-26(33)24(30(27(31)37)15-25(32)35-2)13-17-3-9-22(10-4-17)36-16-18-5-6-19(28)14-23(18)29/h3-14H,15-16H2,1-2H3/b24-13-. The van der Waals surface area contributed by atoms with E-state index in [0.717, 1.165) is 11.1 Å². The van der Waals surface area contributed by atoms with E-state index in [4.69, 9.17) is 49.6 Å². The first-order chi connectivity index (χ1) is 17.8. The zero-order chi connectivity index (χ0) is 26.5. The molecule has 190 valence electrons. The van der Waals surface area contributed by atoms with Crippen molar-refractivity contribution in [3.8, 4) is 11.5 Å². The topological polar surface area (TPSA) is 68.3 Å². The van der Waals surface area contributed by atoms with Gasteiger partial charge in [-0.25, -0.2) is 0 Å². The summed E-state index contributed by atoms with van der Waals surface area (Å²) in [6.45, 7) is 0.0650. The Kier molecular flexibility index (Phi) is 8.33. The lowest BCUT2D eigenvalue weighted by Crippen LogP contribution is -2.35. The lowest BCUT2D eigenvalue weighted by atomic mass is 10.1. The van der Waals surface area contributed by atoms with Gasteiger partial charge in [-0.05, 0) is 72.4 Å². The van der Waals surface area contributed by atoms with Gasteiger partial charge in [-0.15, -0.1) is 0 Å². The van der Waals surface area contributed by atoms with E-state index >= 15 is 0 Å². The maximum atomic E-state index is 13.4. The number of esters is 1. The molecule has 1 aliphatic heterocycles. The van der Waals surface area contributed by atoms with Gasteiger partial charge in [0.05, 0.1) is 19.9 Å². The molecule has 4 rings (SSSR count). The largest absolute Gasteiger partial charge is 0.497 e. The number of amides is 1. The zero-order valence-corrected chi connectivity index (χ0v) is 22.3. The Hall–Kier alpha value is -3.59. The molecule has 0 bridgehead atoms. The van der Waals surface area contributed by atoms with Gasteiger partial charge in [0, 0.05) is 15.6 Å². The summed E-state index contributed by atoms with van der Waals surface area (Å²) in [5.41, 5.74) is 2.32. The quantitative estimate of drug-likeness (QED) is 0.199. The zero-order valence-electron chi connectivity index (χ0n) is 19.9. The minimum atomic E-state index is -0.526. The molecule has 0 saturated carbocycles. The number of carbonyl (C=O) groups is 2. The van der Waals surface area contributed by atoms with Gasteiger partial charge < -0.3 is 19.1 Å². The number of hydrogen-bond donors (Lipinski definition) is 0. The lowest BCUT2D eigenvalue weighted by Gasteiger charge is -2.19. The van der Waals surface area contributed by atoms with E-state index < -0.39 is 5.97 Å². The van der Waals surface area contributed by atoms with Gasteiger partial charge in [-0.3, -0.25) is 14.5 Å². The van der Waals surface area contributed by atoms with Crippen molar-refractivity contribution >= 4 is 64.2 Å². The van der Waals surface area contributed by atoms with Crippen molar-refractivity contribution in [3.63, 3.8) is 0 Å². The molecule has 0 aromatic heterocycles. The van der Waals surface area contributed by atoms with Crippen molar-refractivity contribution in [2.24, 2.45) is 0 Å². The number of anilines is 1. The van der Waals surface area contributed by atoms with E-state index in [9.17, 15) is 9.59 Å². The van der Waals surface area contributed by atoms with E-state index in [1.807, 2.05) is 6.07 Å². The summed E-state index contributed by atoms with van der Waals surface area (Å²) in [5, 5.41) is 1.25. The summed E-state index contributed by atoms with van der Waals surface area (Å²) in [7, 11) is 2.84. The predicted molar refractivity (Wildman–Crippen MR) is 147 cm³/mol. The summed E-state index contributed by atoms with van der Waals surface area (Å²) in [5.74, 6) is 0.371. The van der Waals surface area contributed by atoms with Crippen LogP contribution in [-0.2, 0) is 20.9 Å². The van der Waals surface area contributed by atoms with Crippen molar-refractivity contribution < 1.29 is 23.8 Å². The first-order valence-electron chi connectivity index (χ1n) is 11.1. The van der Waals surface area contributed by atoms with Crippen molar-refractivity contribution in [2.45, 2.75) is 6.61 Å². The van der Waals surface area contributed by atoms with Crippen LogP contribution >= 0.6 is 35.4 Å². The van der Waals surface area contributed by atoms with Crippen LogP contribution in [0.3, 0.4) is 0 Å². The lowest BCUT2D eigenvalue weighted by molar-refractivity contribution is -0.140. The highest BCUT2D eigenvalue weighted by Gasteiger charge is 2.40. The Morgan fingerprint density at radius 1 is 0.973 bits per heavy atom. The predicted octanol–water partition coefficient (Wildman–Crippen LogP) is 5.73. The van der Waals surface area contributed by atoms with Crippen LogP contribution in [0.4, 0.5) is 5.69 Å². The molecule has 0 unspecified atom stereocenters. The number of benzene rings is 3. The van der Waals surface area contributed by atoms with Crippen LogP contribution in [0, 0.1) is 0 Å². The summed E-state index contributed by atoms with van der Waals surface area (Å²) < 4.78 is 15.8. The number of rotatable bonds is 8. The smallest absolute Gasteiger partial charge is 0.325 e. The molecule has 0 atom stereocenters. The molecule has 1 aliphatic rings. The molecule has 0 spiro atoms. The SMILES string of the molecule is COC(=O)CN1C(=S)N(c2ccc(OC)cc2)C(=O)/C1=C/c1ccc(OCc2ccc(Cl)cc2Cl)cc1. The van der Waals surface area contributed by atoms with Crippen LogP contribution in [0.5, 0.6) is 11.5 Å². The van der Waals surface area contributed by atoms with E-state index in [2.05, 4.69) is 0 Å². The molecule has 0 aliphatic carbocycles. The monoisotopic (exact) mass is 556 g/mol. The maximum absolute atomic E-state index is 13.4. The number of thiocarbonyl (C=S) groups is 1. The number of carbonyl (C=O) groups excluding carboxylic acids is 2. The average Bonchev–Trinajstić information content (AvgIpc) is 3.12. The summed E-state index contributed by atoms with van der Waals surface area (Å²) in [4.78, 5) is 28.4. The highest BCUT2D eigenvalue weighted by atomic mass is 35.5. The molecular formula is C27H22Cl2N2O5S. The number of nitrogens with zero attached hydrogens (tertiary/aromatic N) is 2. The van der Waals surface area contributed by atoms with E-state index in [-0.39, 0.29) is 29.9 Å². The van der Waals surface area contributed by atoms with Gasteiger partial charge in [0.25, 0.3) is 5.91 Å². The molecule has 1 amide bonds. The van der Waals surface area contributed by atoms with Gasteiger partial charge in [0.15, 0.2) is 5.11 Å². The number of halogens is 2. The number of ether oxygens (including phenoxy) is 3. The van der Waals surface area contributed by atoms with Crippen LogP contribution in [0.2, 0.25) is 10.0 Å². The van der Waals surface area contributed by atoms with E-state index in [1.165, 1.54) is 16.9 Å². The van der Waals surface area contributed by atoms with E-state index in [0.29, 0.717) is 27.2 Å². The van der Waals surface area contributed by atoms with Gasteiger partial charge in [0.1, 0.15) is 30.3 Å². The molecule has 7 nitrogen and oxygen atoms in total. The van der Waals surface area contributed by atoms with E-state index in [1.54, 1.807) is 73.8 Å². The number of hydrogen-bond acceptors (Lipinski definition) is 6. The Labute approximate surface area is 229 Å². The van der Waals surface area contributed by atoms with Crippen LogP contribution in [0.15, 0.2) is 72.4 Å². The molecular weight excluding hydrogens is 535 g/mol. The highest BCUT2D eigenvalue weighted by Crippen LogP contribution is 2.31. The normalized spacial score (nSPS) is 14.3. The summed E-state index contributed by atoms with van der Waals surface area (Å²) in [6.07, 6.45) is 1.67. The second-order valence-corrected chi connectivity index (χ2v) is 9.12. The van der Waals surface area contributed by atoms with Crippen LogP contribution in [0.1, 0.15) is 11.1 Å². The van der Waals surface area contributed by atoms with Gasteiger partial charge in [-0.2, -0.15) is 0 Å². The minimum Gasteiger partial charge on any atom is -0.497 e. The van der Waals surface area contributed by atoms with Crippen LogP contribution < -0.4 is 14.4 Å². The molecule has 3 aromatic rings. The average molecular weight is 557 g/mol. The van der Waals surface area contributed by atoms with Gasteiger partial charge in [0.2, 0.25) is 0 Å². The third-order valence-corrected chi connectivity index (χ3v) is 6.56. The Balaban J connectivity index is 1.57. The van der Waals surface area contributed by atoms with Crippen LogP contribution in [0.25, 0.3) is 6.08 Å². The Morgan fingerprint density at radius 3 is 2.27 bits per heavy atom. The molecule has 10 heteroatoms. The minimum absolute atomic E-state index is 0.173. The third-order valence-electron chi connectivity index (χ3n) is 5.57. The fraction of sp³-hybridized carbons (Fsp3) is 0.148. The van der Waals surface area contributed by atoms with Gasteiger partial charge >= 0.3 is 5.97 Å². The molecule has 1 fully saturated rings. The fourth-order valence-electron chi connectivity index (χ4n) is 3.60. The van der Waals surface area contributed by atoms with Crippen molar-refractivity contribution in [2.75, 3.05) is 25.7 Å². The molecule has 1 heterocycles. The van der Waals surface area contributed by atoms with Crippen LogP contribution in [-0.4, -0.2) is 42.7 Å². The summed E-state index contributed by atoms with van der Waals surface area (Å²) >= 11 is 17.7. The molecule has 1 saturated heterocycles. The van der Waals surface area contributed by atoms with Crippen molar-refractivity contribution in [1.82, 2.24) is 4.90 Å². The molecule has 37 heavy (non-hydrogen) atoms. The molecule has 0 N–H and O–H groups in total. The molecule has 0 radical (unpaired) electrons. The van der Waals surface area contributed by atoms with Crippen molar-refractivity contribution in [3.05, 3.63) is 93.6 Å². The number of methoxy groups -OCH3 is 2.